The first kappa shape index (κ1) is 16.5. The lowest BCUT2D eigenvalue weighted by atomic mass is 10.0. The summed E-state index contributed by atoms with van der Waals surface area (Å²) in [5.74, 6) is 0.458. The summed E-state index contributed by atoms with van der Waals surface area (Å²) in [5.41, 5.74) is 1.51. The van der Waals surface area contributed by atoms with Crippen molar-refractivity contribution in [3.05, 3.63) is 88.4 Å². The maximum atomic E-state index is 12.4. The van der Waals surface area contributed by atoms with Crippen LogP contribution in [0.1, 0.15) is 15.9 Å². The zero-order chi connectivity index (χ0) is 16.9. The largest absolute Gasteiger partial charge is 0.563 e. The summed E-state index contributed by atoms with van der Waals surface area (Å²) in [4.78, 5) is 12.4. The minimum atomic E-state index is -0.0802. The summed E-state index contributed by atoms with van der Waals surface area (Å²) in [6, 6.07) is 21.3. The maximum absolute atomic E-state index is 12.4. The molecular formula is C20H15BBrO2. The Balaban J connectivity index is 2.00. The van der Waals surface area contributed by atoms with Gasteiger partial charge in [-0.15, -0.1) is 0 Å². The third-order valence-corrected chi connectivity index (χ3v) is 4.15. The van der Waals surface area contributed by atoms with E-state index in [0.29, 0.717) is 11.3 Å². The van der Waals surface area contributed by atoms with Gasteiger partial charge in [-0.1, -0.05) is 71.3 Å². The highest BCUT2D eigenvalue weighted by molar-refractivity contribution is 9.10. The van der Waals surface area contributed by atoms with Crippen LogP contribution in [0.2, 0.25) is 6.82 Å². The second kappa shape index (κ2) is 7.50. The van der Waals surface area contributed by atoms with Crippen molar-refractivity contribution in [3.8, 4) is 0 Å². The molecule has 0 N–H and O–H groups in total. The number of carbonyl (C=O) groups is 1. The fraction of sp³-hybridized carbons (Fsp3) is 0.0500. The Hall–Kier alpha value is -2.33. The number of benzene rings is 3. The Labute approximate surface area is 150 Å². The SMILES string of the molecule is C[B]O/C(=C\C(=O)c1ccccc1)c1ccc2cc(Br)ccc2c1. The van der Waals surface area contributed by atoms with Crippen LogP contribution in [-0.2, 0) is 4.65 Å². The van der Waals surface area contributed by atoms with Gasteiger partial charge in [-0.3, -0.25) is 4.79 Å². The monoisotopic (exact) mass is 377 g/mol. The third-order valence-electron chi connectivity index (χ3n) is 3.65. The smallest absolute Gasteiger partial charge is 0.366 e. The lowest BCUT2D eigenvalue weighted by Crippen LogP contribution is -2.00. The zero-order valence-electron chi connectivity index (χ0n) is 13.2. The number of fused-ring (bicyclic) bond motifs is 1. The van der Waals surface area contributed by atoms with E-state index < -0.39 is 0 Å². The number of hydrogen-bond donors (Lipinski definition) is 0. The summed E-state index contributed by atoms with van der Waals surface area (Å²) in [6.45, 7) is 1.79. The van der Waals surface area contributed by atoms with Crippen molar-refractivity contribution in [1.82, 2.24) is 0 Å². The summed E-state index contributed by atoms with van der Waals surface area (Å²) in [5, 5.41) is 2.22. The van der Waals surface area contributed by atoms with Crippen molar-refractivity contribution >= 4 is 45.7 Å². The molecule has 0 aliphatic carbocycles. The van der Waals surface area contributed by atoms with Crippen LogP contribution in [0, 0.1) is 0 Å². The Morgan fingerprint density at radius 3 is 2.42 bits per heavy atom. The number of rotatable bonds is 5. The van der Waals surface area contributed by atoms with Crippen LogP contribution in [0.25, 0.3) is 16.5 Å². The summed E-state index contributed by atoms with van der Waals surface area (Å²) < 4.78 is 6.64. The van der Waals surface area contributed by atoms with Crippen molar-refractivity contribution in [2.24, 2.45) is 0 Å². The second-order valence-corrected chi connectivity index (χ2v) is 6.21. The van der Waals surface area contributed by atoms with Gasteiger partial charge >= 0.3 is 7.48 Å². The van der Waals surface area contributed by atoms with Crippen LogP contribution >= 0.6 is 15.9 Å². The molecule has 0 heterocycles. The van der Waals surface area contributed by atoms with Gasteiger partial charge in [0.1, 0.15) is 5.76 Å². The molecular weight excluding hydrogens is 363 g/mol. The molecule has 4 heteroatoms. The lowest BCUT2D eigenvalue weighted by Gasteiger charge is -2.10. The van der Waals surface area contributed by atoms with Crippen LogP contribution in [0.5, 0.6) is 0 Å². The molecule has 0 atom stereocenters. The van der Waals surface area contributed by atoms with Crippen molar-refractivity contribution in [3.63, 3.8) is 0 Å². The number of ketones is 1. The number of halogens is 1. The maximum Gasteiger partial charge on any atom is 0.366 e. The summed E-state index contributed by atoms with van der Waals surface area (Å²) >= 11 is 3.48. The molecule has 3 rings (SSSR count). The van der Waals surface area contributed by atoms with E-state index in [1.165, 1.54) is 6.08 Å². The van der Waals surface area contributed by atoms with E-state index in [1.807, 2.05) is 48.5 Å². The Morgan fingerprint density at radius 2 is 1.67 bits per heavy atom. The highest BCUT2D eigenvalue weighted by Gasteiger charge is 2.09. The minimum absolute atomic E-state index is 0.0802. The van der Waals surface area contributed by atoms with Gasteiger partial charge in [-0.25, -0.2) is 0 Å². The molecule has 3 aromatic carbocycles. The predicted octanol–water partition coefficient (Wildman–Crippen LogP) is 5.51. The molecule has 24 heavy (non-hydrogen) atoms. The van der Waals surface area contributed by atoms with Gasteiger partial charge in [0.05, 0.1) is 0 Å². The van der Waals surface area contributed by atoms with E-state index in [1.54, 1.807) is 26.4 Å². The molecule has 0 amide bonds. The highest BCUT2D eigenvalue weighted by atomic mass is 79.9. The second-order valence-electron chi connectivity index (χ2n) is 5.30. The minimum Gasteiger partial charge on any atom is -0.563 e. The molecule has 117 valence electrons. The number of carbonyl (C=O) groups excluding carboxylic acids is 1. The molecule has 0 aliphatic rings. The first-order chi connectivity index (χ1) is 11.7. The van der Waals surface area contributed by atoms with Crippen LogP contribution in [0.15, 0.2) is 77.3 Å². The summed E-state index contributed by atoms with van der Waals surface area (Å²) in [7, 11) is 1.58. The lowest BCUT2D eigenvalue weighted by molar-refractivity contribution is 0.104. The Bertz CT molecular complexity index is 904. The normalized spacial score (nSPS) is 11.3. The van der Waals surface area contributed by atoms with E-state index in [-0.39, 0.29) is 5.78 Å². The number of allylic oxidation sites excluding steroid dienone is 1. The van der Waals surface area contributed by atoms with E-state index >= 15 is 0 Å². The van der Waals surface area contributed by atoms with E-state index in [2.05, 4.69) is 22.0 Å². The van der Waals surface area contributed by atoms with Crippen LogP contribution in [-0.4, -0.2) is 13.3 Å². The van der Waals surface area contributed by atoms with Crippen molar-refractivity contribution in [2.75, 3.05) is 0 Å². The summed E-state index contributed by atoms with van der Waals surface area (Å²) in [6.07, 6.45) is 1.54. The first-order valence-corrected chi connectivity index (χ1v) is 8.42. The van der Waals surface area contributed by atoms with Crippen LogP contribution < -0.4 is 0 Å². The van der Waals surface area contributed by atoms with Crippen molar-refractivity contribution < 1.29 is 9.45 Å². The molecule has 0 saturated heterocycles. The Kier molecular flexibility index (Phi) is 5.16. The van der Waals surface area contributed by atoms with E-state index in [0.717, 1.165) is 20.8 Å². The molecule has 1 radical (unpaired) electrons. The van der Waals surface area contributed by atoms with Crippen molar-refractivity contribution in [2.45, 2.75) is 6.82 Å². The fourth-order valence-electron chi connectivity index (χ4n) is 2.49. The van der Waals surface area contributed by atoms with Gasteiger partial charge in [0, 0.05) is 21.7 Å². The topological polar surface area (TPSA) is 26.3 Å². The Morgan fingerprint density at radius 1 is 0.958 bits per heavy atom. The molecule has 0 fully saturated rings. The van der Waals surface area contributed by atoms with Crippen LogP contribution in [0.4, 0.5) is 0 Å². The molecule has 2 nitrogen and oxygen atoms in total. The van der Waals surface area contributed by atoms with Gasteiger partial charge in [-0.2, -0.15) is 0 Å². The molecule has 0 bridgehead atoms. The zero-order valence-corrected chi connectivity index (χ0v) is 14.8. The van der Waals surface area contributed by atoms with Crippen molar-refractivity contribution in [1.29, 1.82) is 0 Å². The van der Waals surface area contributed by atoms with Gasteiger partial charge < -0.3 is 4.65 Å². The number of hydrogen-bond acceptors (Lipinski definition) is 2. The predicted molar refractivity (Wildman–Crippen MR) is 103 cm³/mol. The molecule has 0 aliphatic heterocycles. The molecule has 0 spiro atoms. The van der Waals surface area contributed by atoms with E-state index in [4.69, 9.17) is 4.65 Å². The van der Waals surface area contributed by atoms with Gasteiger partial charge in [0.15, 0.2) is 5.78 Å². The van der Waals surface area contributed by atoms with Gasteiger partial charge in [0.2, 0.25) is 0 Å². The molecule has 0 saturated carbocycles. The molecule has 0 aromatic heterocycles. The first-order valence-electron chi connectivity index (χ1n) is 7.62. The fourth-order valence-corrected chi connectivity index (χ4v) is 2.87. The van der Waals surface area contributed by atoms with Crippen LogP contribution in [0.3, 0.4) is 0 Å². The molecule has 3 aromatic rings. The average molecular weight is 378 g/mol. The van der Waals surface area contributed by atoms with E-state index in [9.17, 15) is 4.79 Å². The molecule has 0 unspecified atom stereocenters. The average Bonchev–Trinajstić information content (AvgIpc) is 2.61. The highest BCUT2D eigenvalue weighted by Crippen LogP contribution is 2.25. The standard InChI is InChI=1S/C20H15BBrO2/c1-21-24-20(13-19(23)14-5-3-2-4-6-14)17-8-7-16-12-18(22)10-9-15(16)11-17/h2-13H,1H3/b20-13-. The van der Waals surface area contributed by atoms with Gasteiger partial charge in [0.25, 0.3) is 0 Å². The quantitative estimate of drug-likeness (QED) is 0.253. The third kappa shape index (κ3) is 3.77. The van der Waals surface area contributed by atoms with Gasteiger partial charge in [-0.05, 0) is 29.0 Å².